The molecule has 0 radical (unpaired) electrons. The molecule has 16 aromatic carbocycles. The quantitative estimate of drug-likeness (QED) is 0.0525. The molecule has 0 aliphatic carbocycles. The Morgan fingerprint density at radius 1 is 0.313 bits per heavy atom. The lowest BCUT2D eigenvalue weighted by Gasteiger charge is -2.27. The number of hydroxylamine groups is 16. The van der Waals surface area contributed by atoms with Gasteiger partial charge in [-0.1, -0.05) is 147 Å². The van der Waals surface area contributed by atoms with Crippen LogP contribution in [0.4, 0.5) is 11.4 Å². The van der Waals surface area contributed by atoms with E-state index in [-0.39, 0.29) is 62.0 Å². The van der Waals surface area contributed by atoms with Gasteiger partial charge in [0.25, 0.3) is 100.0 Å². The molecular weight excluding hydrogens is 2230 g/mol. The van der Waals surface area contributed by atoms with Crippen molar-refractivity contribution in [1.82, 2.24) is 40.5 Å². The summed E-state index contributed by atoms with van der Waals surface area (Å²) in [4.78, 5) is 242. The van der Waals surface area contributed by atoms with Crippen LogP contribution >= 0.6 is 77.7 Å². The Balaban J connectivity index is 0.000000117. The fourth-order valence-corrected chi connectivity index (χ4v) is 21.2. The van der Waals surface area contributed by atoms with Crippen LogP contribution < -0.4 is 0 Å². The van der Waals surface area contributed by atoms with E-state index in [0.29, 0.717) is 146 Å². The summed E-state index contributed by atoms with van der Waals surface area (Å²) < 4.78 is 2.77. The molecule has 0 spiro atoms. The zero-order valence-corrected chi connectivity index (χ0v) is 86.0. The normalized spacial score (nSPS) is 14.3. The van der Waals surface area contributed by atoms with Gasteiger partial charge in [0.15, 0.2) is 0 Å². The lowest BCUT2D eigenvalue weighted by molar-refractivity contribution is -0.384. The zero-order valence-electron chi connectivity index (χ0n) is 79.1. The average molecular weight is 2310 g/mol. The maximum Gasteiger partial charge on any atom is 0.286 e. The highest BCUT2D eigenvalue weighted by atomic mass is 127. The summed E-state index contributed by atoms with van der Waals surface area (Å²) in [6, 6.07) is 62.6. The number of carbonyl (C=O) groups excluding carboxylic acids is 15. The number of nitro benzene ring substituents is 2. The predicted octanol–water partition coefficient (Wildman–Crippen LogP) is 19.6. The fourth-order valence-electron chi connectivity index (χ4n) is 18.6. The molecule has 754 valence electrons. The van der Waals surface area contributed by atoms with Crippen LogP contribution in [0.2, 0.25) is 10.0 Å². The van der Waals surface area contributed by atoms with Gasteiger partial charge in [-0.15, -0.1) is 35.4 Å². The number of amides is 15. The van der Waals surface area contributed by atoms with E-state index in [9.17, 15) is 102 Å². The third-order valence-electron chi connectivity index (χ3n) is 25.1. The predicted molar refractivity (Wildman–Crippen MR) is 555 cm³/mol. The van der Waals surface area contributed by atoms with Crippen molar-refractivity contribution in [2.45, 2.75) is 19.9 Å². The second-order valence-corrected chi connectivity index (χ2v) is 36.5. The van der Waals surface area contributed by atoms with Crippen LogP contribution in [0.3, 0.4) is 0 Å². The number of aromatic hydroxyl groups is 2. The van der Waals surface area contributed by atoms with Crippen molar-refractivity contribution in [3.63, 3.8) is 0 Å². The van der Waals surface area contributed by atoms with Crippen molar-refractivity contribution in [2.24, 2.45) is 0 Å². The zero-order chi connectivity index (χ0) is 108. The summed E-state index contributed by atoms with van der Waals surface area (Å²) in [6.07, 6.45) is 0.858. The Hall–Kier alpha value is -16.6. The second-order valence-electron chi connectivity index (χ2n) is 32.8. The number of nitro groups is 2. The molecule has 0 unspecified atom stereocenters. The molecule has 24 rings (SSSR count). The first kappa shape index (κ1) is 105. The van der Waals surface area contributed by atoms with Crippen molar-refractivity contribution >= 4 is 264 Å². The Morgan fingerprint density at radius 2 is 0.660 bits per heavy atom. The molecule has 0 fully saturated rings. The standard InChI is InChI=1S/C15H13NO3.C13H9Br2NO2.C13H7Cl2NO3.C13H8INO3.2C13H8N2O5.2C13H9NO4/c1-3-9-7-8-12-13-10(9)5-4-6-11(13)14(17)16(19-2)15(12)18;1-18-16-6-7-2-4-9(14)12-10(15)5-3-8(11(7)12)13(16)17;1-19-16-12(17)6-2-4-8(14)11-9(15)5-3-7(10(6)11)13(16)18;1-18-15-12(16)8-4-2-3-7-5-6-9(14)11(10(7)8)13(15)17;1-20-14-12(16)9-4-2-3-7-5-8(15(18)19)6-10(11(7)9)13(14)17;1-20-14-12(16)8-4-2-3-7-10(15(18)19)6-5-9(11(7)8)13(14)17;1-18-14-12(16)9-4-2-3-7-5-8(15)6-10(11(7)9)13(14)17;1-18-14-12(16)8-4-2-3-7-10(15)6-5-9(11(7)8)13(14)17/h4-8H,3H2,1-2H3;2-5H,6H2,1H3;2-5H,1H3;2-6H,1H3;2*2-6H,1H3;2*2-6,15H,1H3. The van der Waals surface area contributed by atoms with Crippen LogP contribution in [0.5, 0.6) is 11.5 Å². The fraction of sp³-hybridized carbons (Fsp3) is 0.104. The second kappa shape index (κ2) is 42.3. The van der Waals surface area contributed by atoms with Gasteiger partial charge in [0.05, 0.1) is 162 Å². The molecule has 8 aliphatic heterocycles. The van der Waals surface area contributed by atoms with Gasteiger partial charge in [0, 0.05) is 100 Å². The first-order chi connectivity index (χ1) is 71.9. The van der Waals surface area contributed by atoms with Gasteiger partial charge in [-0.25, -0.2) is 5.06 Å². The van der Waals surface area contributed by atoms with Crippen LogP contribution in [0.25, 0.3) is 86.2 Å². The van der Waals surface area contributed by atoms with Crippen molar-refractivity contribution in [2.75, 3.05) is 56.9 Å². The number of aryl methyl sites for hydroxylation is 1. The summed E-state index contributed by atoms with van der Waals surface area (Å²) in [5, 5.41) is 58.4. The number of benzene rings is 16. The topological polar surface area (TPSA) is 483 Å². The Bertz CT molecular complexity index is 8620. The minimum atomic E-state index is -0.704. The number of non-ortho nitro benzene ring substituents is 2. The summed E-state index contributed by atoms with van der Waals surface area (Å²) in [5.74, 6) is -7.40. The van der Waals surface area contributed by atoms with Crippen LogP contribution in [0, 0.1) is 23.8 Å². The van der Waals surface area contributed by atoms with E-state index < -0.39 is 92.5 Å². The molecular formula is C106H71Br2Cl2IN10O29. The highest BCUT2D eigenvalue weighted by Gasteiger charge is 2.43. The van der Waals surface area contributed by atoms with Gasteiger partial charge in [-0.2, -0.15) is 0 Å². The van der Waals surface area contributed by atoms with Gasteiger partial charge in [-0.05, 0) is 189 Å². The van der Waals surface area contributed by atoms with Gasteiger partial charge in [-0.3, -0.25) is 131 Å². The molecule has 2 N–H and O–H groups in total. The number of imide groups is 7. The van der Waals surface area contributed by atoms with Crippen LogP contribution in [-0.2, 0) is 51.7 Å². The number of carbonyl (C=O) groups is 15. The molecule has 8 aliphatic rings. The molecule has 15 amide bonds. The molecule has 39 nitrogen and oxygen atoms in total. The number of phenols is 2. The van der Waals surface area contributed by atoms with E-state index in [1.54, 1.807) is 103 Å². The average Bonchev–Trinajstić information content (AvgIpc) is 0.738. The molecule has 16 aromatic rings. The first-order valence-corrected chi connectivity index (χ1v) is 47.7. The molecule has 0 bridgehead atoms. The van der Waals surface area contributed by atoms with Crippen molar-refractivity contribution in [3.05, 3.63) is 368 Å². The Kier molecular flexibility index (Phi) is 29.6. The Morgan fingerprint density at radius 3 is 1.11 bits per heavy atom. The van der Waals surface area contributed by atoms with Crippen molar-refractivity contribution in [3.8, 4) is 11.5 Å². The number of hydrogen-bond donors (Lipinski definition) is 2. The van der Waals surface area contributed by atoms with Crippen LogP contribution in [-0.4, -0.2) is 206 Å². The lowest BCUT2D eigenvalue weighted by Crippen LogP contribution is -2.39. The molecule has 8 heterocycles. The summed E-state index contributed by atoms with van der Waals surface area (Å²) in [6.45, 7) is 2.53. The van der Waals surface area contributed by atoms with Gasteiger partial charge >= 0.3 is 0 Å². The smallest absolute Gasteiger partial charge is 0.286 e. The largest absolute Gasteiger partial charge is 0.508 e. The number of rotatable bonds is 11. The van der Waals surface area contributed by atoms with Gasteiger partial charge in [0.2, 0.25) is 0 Å². The molecule has 44 heteroatoms. The molecule has 0 saturated carbocycles. The minimum absolute atomic E-state index is 0.0200. The van der Waals surface area contributed by atoms with E-state index in [1.807, 2.05) is 60.7 Å². The number of phenolic OH excluding ortho intramolecular Hbond substituents is 2. The van der Waals surface area contributed by atoms with E-state index in [2.05, 4.69) is 61.4 Å². The summed E-state index contributed by atoms with van der Waals surface area (Å²) >= 11 is 21.4. The monoisotopic (exact) mass is 2300 g/mol. The summed E-state index contributed by atoms with van der Waals surface area (Å²) in [5.41, 5.74) is 7.46. The minimum Gasteiger partial charge on any atom is -0.508 e. The molecule has 150 heavy (non-hydrogen) atoms. The van der Waals surface area contributed by atoms with Crippen molar-refractivity contribution in [1.29, 1.82) is 0 Å². The molecule has 0 aromatic heterocycles. The van der Waals surface area contributed by atoms with E-state index in [4.69, 9.17) is 61.9 Å². The van der Waals surface area contributed by atoms with E-state index in [1.165, 1.54) is 123 Å². The number of hydrogen-bond acceptors (Lipinski definition) is 29. The lowest BCUT2D eigenvalue weighted by atomic mass is 9.91. The molecule has 0 atom stereocenters. The van der Waals surface area contributed by atoms with Crippen LogP contribution in [0.1, 0.15) is 173 Å². The van der Waals surface area contributed by atoms with Gasteiger partial charge in [0.1, 0.15) is 11.5 Å². The molecule has 0 saturated heterocycles. The summed E-state index contributed by atoms with van der Waals surface area (Å²) in [7, 11) is 10.3. The van der Waals surface area contributed by atoms with E-state index >= 15 is 0 Å². The van der Waals surface area contributed by atoms with Crippen molar-refractivity contribution < 1.29 is 131 Å². The number of halogens is 5. The SMILES string of the molecule is CCc1ccc2c3c(cccc13)C(=O)N(OC)C2=O.CON1C(=O)c2ccc(Cl)c3c(Cl)ccc(c23)C1=O.CON1C(=O)c2cccc3c(O)ccc(c23)C1=O.CON1C(=O)c2cccc3c([N+](=O)[O-])ccc(c23)C1=O.CON1C(=O)c2cccc3cc(O)cc(c23)C1=O.CON1C(=O)c2cccc3cc([N+](=O)[O-])cc(c23)C1=O.CON1C(=O)c2cccc3ccc(I)c(c23)C1=O.CON1Cc2ccc(Br)c3c(Br)ccc(c23)C1=O. The highest BCUT2D eigenvalue weighted by molar-refractivity contribution is 14.1. The van der Waals surface area contributed by atoms with Crippen LogP contribution in [0.15, 0.2) is 239 Å². The number of nitrogens with zero attached hydrogens (tertiary/aromatic N) is 10. The Labute approximate surface area is 884 Å². The maximum absolute atomic E-state index is 12.2. The highest BCUT2D eigenvalue weighted by Crippen LogP contribution is 2.45. The third kappa shape index (κ3) is 17.9. The van der Waals surface area contributed by atoms with Gasteiger partial charge < -0.3 is 10.2 Å². The maximum atomic E-state index is 12.2. The first-order valence-electron chi connectivity index (χ1n) is 44.3. The van der Waals surface area contributed by atoms with E-state index in [0.717, 1.165) is 78.3 Å². The third-order valence-corrected chi connectivity index (χ3v) is 28.0.